The lowest BCUT2D eigenvalue weighted by Crippen LogP contribution is -2.61. The fourth-order valence-corrected chi connectivity index (χ4v) is 5.73. The van der Waals surface area contributed by atoms with Gasteiger partial charge in [0.2, 0.25) is 0 Å². The number of rotatable bonds is 4. The number of hydrogen-bond acceptors (Lipinski definition) is 6. The van der Waals surface area contributed by atoms with Crippen LogP contribution in [0.15, 0.2) is 12.1 Å². The second kappa shape index (κ2) is 7.09. The number of fused-ring (bicyclic) bond motifs is 1. The topological polar surface area (TPSA) is 87.2 Å². The van der Waals surface area contributed by atoms with Gasteiger partial charge in [0.05, 0.1) is 31.3 Å². The third-order valence-electron chi connectivity index (χ3n) is 4.93. The fourth-order valence-electron chi connectivity index (χ4n) is 3.71. The lowest BCUT2D eigenvalue weighted by molar-refractivity contribution is 0.0274. The first-order chi connectivity index (χ1) is 12.3. The second-order valence-corrected chi connectivity index (χ2v) is 8.56. The minimum absolute atomic E-state index is 0.117. The maximum absolute atomic E-state index is 14.5. The van der Waals surface area contributed by atoms with Gasteiger partial charge in [-0.25, -0.2) is 17.2 Å². The molecule has 0 saturated carbocycles. The monoisotopic (exact) mass is 390 g/mol. The summed E-state index contributed by atoms with van der Waals surface area (Å²) in [6.45, 7) is 0.568. The molecule has 2 aliphatic heterocycles. The molecule has 2 atom stereocenters. The van der Waals surface area contributed by atoms with Crippen molar-refractivity contribution in [1.29, 1.82) is 0 Å². The zero-order chi connectivity index (χ0) is 19.1. The van der Waals surface area contributed by atoms with Crippen molar-refractivity contribution in [3.05, 3.63) is 29.3 Å². The molecule has 0 aromatic heterocycles. The molecule has 0 aliphatic carbocycles. The second-order valence-electron chi connectivity index (χ2n) is 6.41. The number of nitrogens with zero attached hydrogens (tertiary/aromatic N) is 2. The Bertz CT molecular complexity index is 817. The summed E-state index contributed by atoms with van der Waals surface area (Å²) in [7, 11) is -2.18. The Balaban J connectivity index is 1.96. The van der Waals surface area contributed by atoms with Crippen LogP contribution in [0.2, 0.25) is 0 Å². The number of aliphatic hydroxyl groups excluding tert-OH is 1. The first-order valence-electron chi connectivity index (χ1n) is 8.17. The molecule has 1 aromatic rings. The van der Waals surface area contributed by atoms with Gasteiger partial charge in [-0.05, 0) is 12.1 Å². The molecule has 0 bridgehead atoms. The third kappa shape index (κ3) is 3.28. The summed E-state index contributed by atoms with van der Waals surface area (Å²) in [6, 6.07) is 0.822. The highest BCUT2D eigenvalue weighted by atomic mass is 32.2. The van der Waals surface area contributed by atoms with Crippen LogP contribution in [0.4, 0.5) is 8.78 Å². The molecule has 0 radical (unpaired) electrons. The number of methoxy groups -OCH3 is 1. The van der Waals surface area contributed by atoms with Crippen molar-refractivity contribution in [3.8, 4) is 5.75 Å². The Kier molecular flexibility index (Phi) is 5.18. The average molecular weight is 390 g/mol. The first kappa shape index (κ1) is 19.0. The number of ether oxygens (including phenoxy) is 1. The molecule has 7 nitrogen and oxygen atoms in total. The van der Waals surface area contributed by atoms with Crippen LogP contribution in [-0.2, 0) is 9.84 Å². The number of piperazine rings is 1. The SMILES string of the molecule is COc1ccc(F)c(C(=O)N2CCN(CCO)[C@@H]3CS(=O)(=O)C[C@@H]32)c1F. The molecule has 2 heterocycles. The van der Waals surface area contributed by atoms with Crippen LogP contribution in [0.25, 0.3) is 0 Å². The van der Waals surface area contributed by atoms with E-state index in [2.05, 4.69) is 0 Å². The highest BCUT2D eigenvalue weighted by Crippen LogP contribution is 2.30. The number of hydrogen-bond donors (Lipinski definition) is 1. The van der Waals surface area contributed by atoms with Gasteiger partial charge in [-0.3, -0.25) is 9.69 Å². The van der Waals surface area contributed by atoms with E-state index in [1.54, 1.807) is 4.90 Å². The van der Waals surface area contributed by atoms with Crippen LogP contribution in [0.3, 0.4) is 0 Å². The lowest BCUT2D eigenvalue weighted by Gasteiger charge is -2.43. The van der Waals surface area contributed by atoms with Gasteiger partial charge in [-0.1, -0.05) is 0 Å². The minimum atomic E-state index is -3.39. The molecular formula is C16H20F2N2O5S. The maximum atomic E-state index is 14.5. The highest BCUT2D eigenvalue weighted by Gasteiger charge is 2.48. The van der Waals surface area contributed by atoms with Crippen LogP contribution < -0.4 is 4.74 Å². The highest BCUT2D eigenvalue weighted by molar-refractivity contribution is 7.91. The molecule has 0 spiro atoms. The molecule has 2 saturated heterocycles. The zero-order valence-electron chi connectivity index (χ0n) is 14.2. The molecule has 2 fully saturated rings. The van der Waals surface area contributed by atoms with E-state index in [-0.39, 0.29) is 37.0 Å². The summed E-state index contributed by atoms with van der Waals surface area (Å²) in [4.78, 5) is 15.9. The minimum Gasteiger partial charge on any atom is -0.494 e. The molecule has 10 heteroatoms. The fraction of sp³-hybridized carbons (Fsp3) is 0.562. The van der Waals surface area contributed by atoms with Crippen molar-refractivity contribution < 1.29 is 31.8 Å². The van der Waals surface area contributed by atoms with Gasteiger partial charge in [0.15, 0.2) is 21.4 Å². The number of halogens is 2. The molecule has 1 N–H and O–H groups in total. The molecule has 1 amide bonds. The molecule has 26 heavy (non-hydrogen) atoms. The lowest BCUT2D eigenvalue weighted by atomic mass is 10.0. The van der Waals surface area contributed by atoms with Crippen molar-refractivity contribution in [3.63, 3.8) is 0 Å². The van der Waals surface area contributed by atoms with Gasteiger partial charge in [-0.15, -0.1) is 0 Å². The normalized spacial score (nSPS) is 25.2. The number of carbonyl (C=O) groups excluding carboxylic acids is 1. The summed E-state index contributed by atoms with van der Waals surface area (Å²) < 4.78 is 57.6. The maximum Gasteiger partial charge on any atom is 0.260 e. The number of aliphatic hydroxyl groups is 1. The Morgan fingerprint density at radius 1 is 1.27 bits per heavy atom. The summed E-state index contributed by atoms with van der Waals surface area (Å²) in [6.07, 6.45) is 0. The summed E-state index contributed by atoms with van der Waals surface area (Å²) in [5.41, 5.74) is -0.747. The average Bonchev–Trinajstić information content (AvgIpc) is 2.91. The Hall–Kier alpha value is -1.78. The van der Waals surface area contributed by atoms with Gasteiger partial charge in [-0.2, -0.15) is 0 Å². The molecule has 144 valence electrons. The van der Waals surface area contributed by atoms with E-state index < -0.39 is 45.0 Å². The van der Waals surface area contributed by atoms with Crippen LogP contribution in [0.1, 0.15) is 10.4 Å². The number of β-amino-alcohol motifs (C(OH)–C–C–N with tert-alkyl or cyclic N) is 1. The standard InChI is InChI=1S/C16H20F2N2O5S/c1-25-13-3-2-10(17)14(15(13)18)16(22)20-5-4-19(6-7-21)11-8-26(23,24)9-12(11)20/h2-3,11-12,21H,4-9H2,1H3/t11-,12+/m1/s1. The number of carbonyl (C=O) groups is 1. The Morgan fingerprint density at radius 2 is 1.96 bits per heavy atom. The quantitative estimate of drug-likeness (QED) is 0.772. The smallest absolute Gasteiger partial charge is 0.260 e. The largest absolute Gasteiger partial charge is 0.494 e. The predicted molar refractivity (Wildman–Crippen MR) is 88.8 cm³/mol. The molecule has 2 aliphatic rings. The van der Waals surface area contributed by atoms with Crippen molar-refractivity contribution in [2.45, 2.75) is 12.1 Å². The Morgan fingerprint density at radius 3 is 2.62 bits per heavy atom. The van der Waals surface area contributed by atoms with Gasteiger partial charge in [0.25, 0.3) is 5.91 Å². The van der Waals surface area contributed by atoms with Crippen LogP contribution in [0, 0.1) is 11.6 Å². The summed E-state index contributed by atoms with van der Waals surface area (Å²) in [5, 5.41) is 9.17. The van der Waals surface area contributed by atoms with E-state index in [1.807, 2.05) is 0 Å². The van der Waals surface area contributed by atoms with E-state index in [9.17, 15) is 22.0 Å². The molecular weight excluding hydrogens is 370 g/mol. The molecule has 1 aromatic carbocycles. The van der Waals surface area contributed by atoms with Crippen molar-refractivity contribution in [2.24, 2.45) is 0 Å². The van der Waals surface area contributed by atoms with Gasteiger partial charge >= 0.3 is 0 Å². The van der Waals surface area contributed by atoms with E-state index >= 15 is 0 Å². The molecule has 3 rings (SSSR count). The van der Waals surface area contributed by atoms with Crippen LogP contribution >= 0.6 is 0 Å². The van der Waals surface area contributed by atoms with Crippen LogP contribution in [0.5, 0.6) is 5.75 Å². The number of amides is 1. The van der Waals surface area contributed by atoms with E-state index in [4.69, 9.17) is 9.84 Å². The first-order valence-corrected chi connectivity index (χ1v) is 9.99. The van der Waals surface area contributed by atoms with Crippen molar-refractivity contribution in [1.82, 2.24) is 9.80 Å². The van der Waals surface area contributed by atoms with E-state index in [0.29, 0.717) is 6.54 Å². The predicted octanol–water partition coefficient (Wildman–Crippen LogP) is -0.111. The van der Waals surface area contributed by atoms with E-state index in [0.717, 1.165) is 12.1 Å². The Labute approximate surface area is 150 Å². The van der Waals surface area contributed by atoms with Gasteiger partial charge in [0, 0.05) is 25.7 Å². The zero-order valence-corrected chi connectivity index (χ0v) is 15.0. The molecule has 0 unspecified atom stereocenters. The number of sulfone groups is 1. The van der Waals surface area contributed by atoms with Crippen molar-refractivity contribution in [2.75, 3.05) is 44.9 Å². The number of benzene rings is 1. The summed E-state index contributed by atoms with van der Waals surface area (Å²) in [5.74, 6) is -3.70. The summed E-state index contributed by atoms with van der Waals surface area (Å²) >= 11 is 0. The third-order valence-corrected chi connectivity index (χ3v) is 6.63. The van der Waals surface area contributed by atoms with Crippen LogP contribution in [-0.4, -0.2) is 86.2 Å². The van der Waals surface area contributed by atoms with Gasteiger partial charge < -0.3 is 14.7 Å². The van der Waals surface area contributed by atoms with Gasteiger partial charge in [0.1, 0.15) is 11.4 Å². The van der Waals surface area contributed by atoms with E-state index in [1.165, 1.54) is 12.0 Å². The van der Waals surface area contributed by atoms with Crippen molar-refractivity contribution >= 4 is 15.7 Å².